The van der Waals surface area contributed by atoms with E-state index in [0.717, 1.165) is 23.8 Å². The Balaban J connectivity index is 1.27. The minimum atomic E-state index is -0.558. The van der Waals surface area contributed by atoms with Crippen molar-refractivity contribution in [2.24, 2.45) is 11.8 Å². The van der Waals surface area contributed by atoms with Crippen molar-refractivity contribution in [3.05, 3.63) is 75.5 Å². The van der Waals surface area contributed by atoms with Crippen molar-refractivity contribution in [3.8, 4) is 0 Å². The topological polar surface area (TPSA) is 98.4 Å². The number of hydrogen-bond acceptors (Lipinski definition) is 4. The van der Waals surface area contributed by atoms with Crippen LogP contribution >= 0.6 is 0 Å². The molecule has 2 N–H and O–H groups in total. The molecular formula is C27H30FN5O3. The first kappa shape index (κ1) is 24.0. The molecule has 3 heterocycles. The van der Waals surface area contributed by atoms with E-state index in [9.17, 15) is 18.8 Å². The van der Waals surface area contributed by atoms with Crippen LogP contribution in [0.3, 0.4) is 0 Å². The molecule has 0 radical (unpaired) electrons. The van der Waals surface area contributed by atoms with Crippen LogP contribution in [0.5, 0.6) is 0 Å². The first-order chi connectivity index (χ1) is 17.4. The van der Waals surface area contributed by atoms with Crippen molar-refractivity contribution in [1.82, 2.24) is 25.3 Å². The number of halogens is 1. The number of urea groups is 1. The summed E-state index contributed by atoms with van der Waals surface area (Å²) in [6, 6.07) is 11.7. The molecule has 3 aromatic rings. The second-order valence-corrected chi connectivity index (χ2v) is 9.76. The van der Waals surface area contributed by atoms with Crippen LogP contribution in [0, 0.1) is 17.7 Å². The van der Waals surface area contributed by atoms with Crippen molar-refractivity contribution in [2.45, 2.75) is 26.2 Å². The van der Waals surface area contributed by atoms with Gasteiger partial charge < -0.3 is 15.1 Å². The number of aromatic nitrogens is 2. The van der Waals surface area contributed by atoms with Crippen molar-refractivity contribution in [1.29, 1.82) is 0 Å². The summed E-state index contributed by atoms with van der Waals surface area (Å²) in [7, 11) is 0. The van der Waals surface area contributed by atoms with E-state index < -0.39 is 5.82 Å². The lowest BCUT2D eigenvalue weighted by Crippen LogP contribution is -2.41. The molecule has 2 atom stereocenters. The number of fused-ring (bicyclic) bond motifs is 2. The Morgan fingerprint density at radius 3 is 2.47 bits per heavy atom. The Kier molecular flexibility index (Phi) is 6.71. The summed E-state index contributed by atoms with van der Waals surface area (Å²) < 4.78 is 14.8. The molecule has 0 bridgehead atoms. The first-order valence-electron chi connectivity index (χ1n) is 12.5. The van der Waals surface area contributed by atoms with Gasteiger partial charge in [0.05, 0.1) is 16.6 Å². The zero-order valence-corrected chi connectivity index (χ0v) is 20.3. The van der Waals surface area contributed by atoms with Gasteiger partial charge in [-0.1, -0.05) is 37.6 Å². The number of H-pyrrole nitrogens is 1. The van der Waals surface area contributed by atoms with Gasteiger partial charge in [0.2, 0.25) is 0 Å². The lowest BCUT2D eigenvalue weighted by atomic mass is 10.0. The quantitative estimate of drug-likeness (QED) is 0.518. The molecule has 3 amide bonds. The molecule has 2 aliphatic heterocycles. The maximum atomic E-state index is 14.8. The SMILES string of the molecule is CCCCNC(=O)N1CC2CN(C(=O)c3cc(Cc4n[nH]c(=O)c5ccccc45)ccc3F)CC2C1. The largest absolute Gasteiger partial charge is 0.338 e. The molecule has 36 heavy (non-hydrogen) atoms. The number of carbonyl (C=O) groups is 2. The van der Waals surface area contributed by atoms with Gasteiger partial charge >= 0.3 is 6.03 Å². The predicted octanol–water partition coefficient (Wildman–Crippen LogP) is 3.17. The zero-order valence-electron chi connectivity index (χ0n) is 20.3. The van der Waals surface area contributed by atoms with Crippen molar-refractivity contribution in [2.75, 3.05) is 32.7 Å². The number of nitrogens with one attached hydrogen (secondary N) is 2. The van der Waals surface area contributed by atoms with Gasteiger partial charge in [-0.05, 0) is 30.2 Å². The summed E-state index contributed by atoms with van der Waals surface area (Å²) in [6.45, 7) is 5.00. The molecule has 1 aromatic heterocycles. The lowest BCUT2D eigenvalue weighted by Gasteiger charge is -2.22. The Hall–Kier alpha value is -3.75. The zero-order chi connectivity index (χ0) is 25.2. The van der Waals surface area contributed by atoms with Gasteiger partial charge in [0, 0.05) is 56.4 Å². The molecule has 8 nitrogen and oxygen atoms in total. The van der Waals surface area contributed by atoms with Crippen LogP contribution in [-0.4, -0.2) is 64.7 Å². The van der Waals surface area contributed by atoms with Crippen LogP contribution in [0.4, 0.5) is 9.18 Å². The second kappa shape index (κ2) is 10.1. The van der Waals surface area contributed by atoms with E-state index in [2.05, 4.69) is 22.4 Å². The summed E-state index contributed by atoms with van der Waals surface area (Å²) >= 11 is 0. The molecule has 9 heteroatoms. The number of amides is 3. The third-order valence-electron chi connectivity index (χ3n) is 7.27. The molecule has 0 saturated carbocycles. The predicted molar refractivity (Wildman–Crippen MR) is 134 cm³/mol. The van der Waals surface area contributed by atoms with E-state index in [1.54, 1.807) is 29.2 Å². The fourth-order valence-electron chi connectivity index (χ4n) is 5.32. The molecule has 5 rings (SSSR count). The first-order valence-corrected chi connectivity index (χ1v) is 12.5. The minimum absolute atomic E-state index is 0.0374. The van der Waals surface area contributed by atoms with Crippen molar-refractivity contribution in [3.63, 3.8) is 0 Å². The Bertz CT molecular complexity index is 1340. The third-order valence-corrected chi connectivity index (χ3v) is 7.27. The fraction of sp³-hybridized carbons (Fsp3) is 0.407. The molecule has 0 aliphatic carbocycles. The maximum Gasteiger partial charge on any atom is 0.317 e. The summed E-state index contributed by atoms with van der Waals surface area (Å²) in [5.74, 6) is -0.485. The Morgan fingerprint density at radius 1 is 1.06 bits per heavy atom. The number of benzene rings is 2. The summed E-state index contributed by atoms with van der Waals surface area (Å²) in [5, 5.41) is 10.9. The van der Waals surface area contributed by atoms with E-state index in [0.29, 0.717) is 50.2 Å². The molecule has 2 aromatic carbocycles. The van der Waals surface area contributed by atoms with Crippen LogP contribution in [0.25, 0.3) is 10.8 Å². The third kappa shape index (κ3) is 4.69. The van der Waals surface area contributed by atoms with Crippen molar-refractivity contribution < 1.29 is 14.0 Å². The Morgan fingerprint density at radius 2 is 1.75 bits per heavy atom. The number of nitrogens with zero attached hydrogens (tertiary/aromatic N) is 3. The van der Waals surface area contributed by atoms with Crippen LogP contribution in [0.1, 0.15) is 41.4 Å². The number of hydrogen-bond donors (Lipinski definition) is 2. The molecular weight excluding hydrogens is 461 g/mol. The number of aromatic amines is 1. The number of carbonyl (C=O) groups excluding carboxylic acids is 2. The summed E-state index contributed by atoms with van der Waals surface area (Å²) in [6.07, 6.45) is 2.33. The lowest BCUT2D eigenvalue weighted by molar-refractivity contribution is 0.0772. The summed E-state index contributed by atoms with van der Waals surface area (Å²) in [5.41, 5.74) is 1.17. The number of unbranched alkanes of at least 4 members (excludes halogenated alkanes) is 1. The molecule has 2 saturated heterocycles. The van der Waals surface area contributed by atoms with Gasteiger partial charge in [-0.2, -0.15) is 5.10 Å². The average molecular weight is 492 g/mol. The van der Waals surface area contributed by atoms with E-state index >= 15 is 0 Å². The van der Waals surface area contributed by atoms with Crippen LogP contribution in [-0.2, 0) is 6.42 Å². The highest BCUT2D eigenvalue weighted by molar-refractivity contribution is 5.95. The van der Waals surface area contributed by atoms with Gasteiger partial charge in [-0.3, -0.25) is 9.59 Å². The molecule has 2 unspecified atom stereocenters. The van der Waals surface area contributed by atoms with E-state index in [4.69, 9.17) is 0 Å². The molecule has 188 valence electrons. The van der Waals surface area contributed by atoms with E-state index in [1.165, 1.54) is 6.07 Å². The second-order valence-electron chi connectivity index (χ2n) is 9.76. The minimum Gasteiger partial charge on any atom is -0.338 e. The maximum absolute atomic E-state index is 14.8. The van der Waals surface area contributed by atoms with Crippen molar-refractivity contribution >= 4 is 22.7 Å². The highest BCUT2D eigenvalue weighted by Gasteiger charge is 2.43. The monoisotopic (exact) mass is 491 g/mol. The standard InChI is InChI=1S/C27H30FN5O3/c1-2-3-10-29-27(36)33-15-18-13-32(14-19(18)16-33)26(35)22-11-17(8-9-23(22)28)12-24-20-6-4-5-7-21(20)25(34)31-30-24/h4-9,11,18-19H,2-3,10,12-16H2,1H3,(H,29,36)(H,31,34). The van der Waals surface area contributed by atoms with Crippen LogP contribution in [0.15, 0.2) is 47.3 Å². The van der Waals surface area contributed by atoms with Crippen LogP contribution in [0.2, 0.25) is 0 Å². The van der Waals surface area contributed by atoms with Crippen LogP contribution < -0.4 is 10.9 Å². The fourth-order valence-corrected chi connectivity index (χ4v) is 5.32. The Labute approximate surface area is 208 Å². The van der Waals surface area contributed by atoms with Gasteiger partial charge in [-0.25, -0.2) is 14.3 Å². The summed E-state index contributed by atoms with van der Waals surface area (Å²) in [4.78, 5) is 41.3. The smallest absolute Gasteiger partial charge is 0.317 e. The average Bonchev–Trinajstić information content (AvgIpc) is 3.47. The normalized spacial score (nSPS) is 19.1. The van der Waals surface area contributed by atoms with Gasteiger partial charge in [0.1, 0.15) is 5.82 Å². The molecule has 2 fully saturated rings. The highest BCUT2D eigenvalue weighted by atomic mass is 19.1. The number of likely N-dealkylation sites (tertiary alicyclic amines) is 2. The van der Waals surface area contributed by atoms with E-state index in [1.807, 2.05) is 17.0 Å². The number of rotatable bonds is 6. The van der Waals surface area contributed by atoms with E-state index in [-0.39, 0.29) is 34.9 Å². The van der Waals surface area contributed by atoms with Gasteiger partial charge in [0.25, 0.3) is 11.5 Å². The molecule has 0 spiro atoms. The highest BCUT2D eigenvalue weighted by Crippen LogP contribution is 2.32. The molecule has 2 aliphatic rings. The van der Waals surface area contributed by atoms with Gasteiger partial charge in [-0.15, -0.1) is 0 Å². The van der Waals surface area contributed by atoms with Gasteiger partial charge in [0.15, 0.2) is 0 Å².